The summed E-state index contributed by atoms with van der Waals surface area (Å²) in [7, 11) is 0. The molecule has 0 fully saturated rings. The van der Waals surface area contributed by atoms with Crippen molar-refractivity contribution in [3.63, 3.8) is 0 Å². The van der Waals surface area contributed by atoms with Gasteiger partial charge < -0.3 is 9.47 Å². The Bertz CT molecular complexity index is 1480. The van der Waals surface area contributed by atoms with Gasteiger partial charge in [-0.3, -0.25) is 9.36 Å². The second kappa shape index (κ2) is 10.3. The molecule has 1 atom stereocenters. The summed E-state index contributed by atoms with van der Waals surface area (Å²) >= 11 is 4.81. The fourth-order valence-electron chi connectivity index (χ4n) is 3.99. The van der Waals surface area contributed by atoms with Crippen LogP contribution in [0.3, 0.4) is 0 Å². The maximum atomic E-state index is 13.8. The van der Waals surface area contributed by atoms with Crippen molar-refractivity contribution in [1.29, 1.82) is 0 Å². The van der Waals surface area contributed by atoms with Crippen molar-refractivity contribution >= 4 is 39.3 Å². The molecule has 0 amide bonds. The molecule has 1 aliphatic heterocycles. The van der Waals surface area contributed by atoms with Gasteiger partial charge in [0.25, 0.3) is 5.56 Å². The molecule has 182 valence electrons. The molecule has 1 aromatic heterocycles. The first-order valence-corrected chi connectivity index (χ1v) is 13.0. The maximum Gasteiger partial charge on any atom is 0.338 e. The first kappa shape index (κ1) is 25.1. The van der Waals surface area contributed by atoms with Gasteiger partial charge in [-0.15, -0.1) is 0 Å². The summed E-state index contributed by atoms with van der Waals surface area (Å²) in [5, 5.41) is 0. The Labute approximate surface area is 216 Å². The second-order valence-corrected chi connectivity index (χ2v) is 10.5. The van der Waals surface area contributed by atoms with Gasteiger partial charge in [0.1, 0.15) is 5.75 Å². The third-order valence-corrected chi connectivity index (χ3v) is 7.01. The predicted octanol–water partition coefficient (Wildman–Crippen LogP) is 4.66. The van der Waals surface area contributed by atoms with Gasteiger partial charge in [-0.25, -0.2) is 9.79 Å². The predicted molar refractivity (Wildman–Crippen MR) is 141 cm³/mol. The highest BCUT2D eigenvalue weighted by molar-refractivity contribution is 9.10. The minimum absolute atomic E-state index is 0.0131. The van der Waals surface area contributed by atoms with Crippen LogP contribution in [0.5, 0.6) is 5.75 Å². The van der Waals surface area contributed by atoms with Gasteiger partial charge in [-0.2, -0.15) is 0 Å². The van der Waals surface area contributed by atoms with Crippen molar-refractivity contribution in [3.05, 3.63) is 94.6 Å². The summed E-state index contributed by atoms with van der Waals surface area (Å²) in [5.74, 6) is 0.223. The molecule has 0 radical (unpaired) electrons. The van der Waals surface area contributed by atoms with Crippen LogP contribution in [-0.4, -0.2) is 23.2 Å². The number of benzene rings is 2. The lowest BCUT2D eigenvalue weighted by molar-refractivity contribution is -0.139. The molecule has 0 aliphatic carbocycles. The third-order valence-electron chi connectivity index (χ3n) is 5.53. The summed E-state index contributed by atoms with van der Waals surface area (Å²) in [5.41, 5.74) is 3.41. The minimum atomic E-state index is -0.623. The molecular formula is C27H27BrN2O4S. The van der Waals surface area contributed by atoms with Crippen LogP contribution in [0.1, 0.15) is 50.4 Å². The molecule has 4 rings (SSSR count). The molecule has 0 bridgehead atoms. The van der Waals surface area contributed by atoms with E-state index in [9.17, 15) is 9.59 Å². The summed E-state index contributed by atoms with van der Waals surface area (Å²) < 4.78 is 14.3. The Balaban J connectivity index is 1.95. The lowest BCUT2D eigenvalue weighted by Gasteiger charge is -2.24. The van der Waals surface area contributed by atoms with E-state index in [-0.39, 0.29) is 18.3 Å². The number of thiazole rings is 1. The molecule has 3 aromatic rings. The third kappa shape index (κ3) is 5.18. The lowest BCUT2D eigenvalue weighted by Crippen LogP contribution is -2.39. The Morgan fingerprint density at radius 2 is 1.91 bits per heavy atom. The summed E-state index contributed by atoms with van der Waals surface area (Å²) in [4.78, 5) is 31.9. The van der Waals surface area contributed by atoms with E-state index < -0.39 is 12.0 Å². The zero-order valence-corrected chi connectivity index (χ0v) is 22.7. The highest BCUT2D eigenvalue weighted by Gasteiger charge is 2.33. The van der Waals surface area contributed by atoms with E-state index in [0.29, 0.717) is 26.4 Å². The van der Waals surface area contributed by atoms with Gasteiger partial charge in [0.05, 0.1) is 34.6 Å². The number of fused-ring (bicyclic) bond motifs is 1. The highest BCUT2D eigenvalue weighted by atomic mass is 79.9. The number of ether oxygens (including phenoxy) is 2. The molecule has 2 heterocycles. The first-order chi connectivity index (χ1) is 16.7. The summed E-state index contributed by atoms with van der Waals surface area (Å²) in [6.45, 7) is 9.70. The number of nitrogens with zero attached hydrogens (tertiary/aromatic N) is 2. The summed E-state index contributed by atoms with van der Waals surface area (Å²) in [6, 6.07) is 12.9. The number of carbonyl (C=O) groups excluding carboxylic acids is 1. The van der Waals surface area contributed by atoms with Crippen molar-refractivity contribution in [2.75, 3.05) is 6.61 Å². The van der Waals surface area contributed by atoms with Crippen molar-refractivity contribution < 1.29 is 14.3 Å². The molecule has 0 saturated heterocycles. The van der Waals surface area contributed by atoms with Crippen LogP contribution in [-0.2, 0) is 9.53 Å². The quantitative estimate of drug-likeness (QED) is 0.415. The fraction of sp³-hybridized carbons (Fsp3) is 0.296. The average molecular weight is 555 g/mol. The van der Waals surface area contributed by atoms with Gasteiger partial charge in [-0.05, 0) is 64.5 Å². The molecule has 6 nitrogen and oxygen atoms in total. The molecule has 0 N–H and O–H groups in total. The van der Waals surface area contributed by atoms with E-state index in [2.05, 4.69) is 20.9 Å². The van der Waals surface area contributed by atoms with Crippen LogP contribution >= 0.6 is 27.3 Å². The number of esters is 1. The van der Waals surface area contributed by atoms with Gasteiger partial charge in [0.15, 0.2) is 4.80 Å². The topological polar surface area (TPSA) is 69.9 Å². The number of hydrogen-bond donors (Lipinski definition) is 0. The minimum Gasteiger partial charge on any atom is -0.490 e. The molecule has 8 heteroatoms. The SMILES string of the molecule is CCOC(=O)C1=C(C)N=c2s/c(=C\c3cc(Br)ccc3OC(C)C)c(=O)n2[C@H]1c1ccc(C)cc1. The second-order valence-electron chi connectivity index (χ2n) is 8.56. The zero-order chi connectivity index (χ0) is 25.3. The zero-order valence-electron chi connectivity index (χ0n) is 20.3. The van der Waals surface area contributed by atoms with Crippen LogP contribution < -0.4 is 19.6 Å². The number of hydrogen-bond acceptors (Lipinski definition) is 6. The standard InChI is InChI=1S/C27H27BrN2O4S/c1-6-33-26(32)23-17(5)29-27-30(24(23)18-9-7-16(4)8-10-18)25(31)22(35-27)14-19-13-20(28)11-12-21(19)34-15(2)3/h7-15,24H,6H2,1-5H3/b22-14-/t24-/m0/s1. The van der Waals surface area contributed by atoms with Crippen LogP contribution in [0.15, 0.2) is 68.0 Å². The Morgan fingerprint density at radius 3 is 2.57 bits per heavy atom. The van der Waals surface area contributed by atoms with Crippen molar-refractivity contribution in [1.82, 2.24) is 4.57 Å². The van der Waals surface area contributed by atoms with Crippen LogP contribution in [0.4, 0.5) is 0 Å². The largest absolute Gasteiger partial charge is 0.490 e. The lowest BCUT2D eigenvalue weighted by atomic mass is 9.95. The molecule has 0 unspecified atom stereocenters. The highest BCUT2D eigenvalue weighted by Crippen LogP contribution is 2.31. The first-order valence-electron chi connectivity index (χ1n) is 11.4. The molecule has 35 heavy (non-hydrogen) atoms. The van der Waals surface area contributed by atoms with Gasteiger partial charge >= 0.3 is 5.97 Å². The van der Waals surface area contributed by atoms with Gasteiger partial charge in [-0.1, -0.05) is 57.1 Å². The number of carbonyl (C=O) groups is 1. The number of halogens is 1. The van der Waals surface area contributed by atoms with Gasteiger partial charge in [0, 0.05) is 10.0 Å². The van der Waals surface area contributed by atoms with E-state index in [1.54, 1.807) is 18.4 Å². The van der Waals surface area contributed by atoms with Gasteiger partial charge in [0.2, 0.25) is 0 Å². The Kier molecular flexibility index (Phi) is 7.42. The number of aryl methyl sites for hydroxylation is 1. The fourth-order valence-corrected chi connectivity index (χ4v) is 5.41. The normalized spacial score (nSPS) is 15.7. The maximum absolute atomic E-state index is 13.8. The number of rotatable bonds is 6. The Morgan fingerprint density at radius 1 is 1.20 bits per heavy atom. The monoisotopic (exact) mass is 554 g/mol. The Hall–Kier alpha value is -2.97. The van der Waals surface area contributed by atoms with E-state index in [0.717, 1.165) is 21.2 Å². The van der Waals surface area contributed by atoms with E-state index in [4.69, 9.17) is 9.47 Å². The molecule has 0 spiro atoms. The van der Waals surface area contributed by atoms with Crippen molar-refractivity contribution in [3.8, 4) is 5.75 Å². The molecule has 0 saturated carbocycles. The van der Waals surface area contributed by atoms with E-state index in [1.807, 2.05) is 69.3 Å². The molecule has 1 aliphatic rings. The van der Waals surface area contributed by atoms with E-state index >= 15 is 0 Å². The van der Waals surface area contributed by atoms with E-state index in [1.165, 1.54) is 11.3 Å². The van der Waals surface area contributed by atoms with Crippen LogP contribution in [0.2, 0.25) is 0 Å². The number of aromatic nitrogens is 1. The molecular weight excluding hydrogens is 528 g/mol. The molecule has 2 aromatic carbocycles. The summed E-state index contributed by atoms with van der Waals surface area (Å²) in [6.07, 6.45) is 1.81. The average Bonchev–Trinajstić information content (AvgIpc) is 3.09. The van der Waals surface area contributed by atoms with Crippen molar-refractivity contribution in [2.24, 2.45) is 4.99 Å². The van der Waals surface area contributed by atoms with Crippen molar-refractivity contribution in [2.45, 2.75) is 46.8 Å². The van der Waals surface area contributed by atoms with Crippen LogP contribution in [0.25, 0.3) is 6.08 Å². The number of allylic oxidation sites excluding steroid dienone is 1. The smallest absolute Gasteiger partial charge is 0.338 e. The van der Waals surface area contributed by atoms with Crippen LogP contribution in [0, 0.1) is 6.92 Å².